The number of carbonyl (C=O) groups excluding carboxylic acids is 1. The molecule has 0 saturated carbocycles. The third-order valence-corrected chi connectivity index (χ3v) is 6.13. The van der Waals surface area contributed by atoms with Gasteiger partial charge in [0.2, 0.25) is 0 Å². The molecule has 4 aromatic rings. The molecule has 0 fully saturated rings. The van der Waals surface area contributed by atoms with Gasteiger partial charge in [-0.2, -0.15) is 8.78 Å². The van der Waals surface area contributed by atoms with Crippen LogP contribution < -0.4 is 10.1 Å². The summed E-state index contributed by atoms with van der Waals surface area (Å²) in [7, 11) is 1.59. The minimum absolute atomic E-state index is 0.107. The third-order valence-electron chi connectivity index (χ3n) is 4.17. The quantitative estimate of drug-likeness (QED) is 0.445. The van der Waals surface area contributed by atoms with Crippen molar-refractivity contribution >= 4 is 33.7 Å². The topological polar surface area (TPSA) is 81.9 Å². The molecule has 0 radical (unpaired) electrons. The van der Waals surface area contributed by atoms with Gasteiger partial charge in [-0.3, -0.25) is 14.7 Å². The zero-order valence-electron chi connectivity index (χ0n) is 15.8. The molecule has 7 nitrogen and oxygen atoms in total. The summed E-state index contributed by atoms with van der Waals surface area (Å²) in [5.74, 6) is 0.412. The van der Waals surface area contributed by atoms with E-state index in [0.29, 0.717) is 15.6 Å². The lowest BCUT2D eigenvalue weighted by atomic mass is 10.2. The normalized spacial score (nSPS) is 11.1. The maximum absolute atomic E-state index is 13.1. The van der Waals surface area contributed by atoms with Crippen molar-refractivity contribution in [1.82, 2.24) is 19.5 Å². The fourth-order valence-electron chi connectivity index (χ4n) is 2.71. The number of aryl methyl sites for hydroxylation is 1. The van der Waals surface area contributed by atoms with Crippen molar-refractivity contribution in [2.24, 2.45) is 0 Å². The van der Waals surface area contributed by atoms with Gasteiger partial charge in [0.05, 0.1) is 17.7 Å². The van der Waals surface area contributed by atoms with E-state index in [1.54, 1.807) is 19.4 Å². The van der Waals surface area contributed by atoms with Crippen molar-refractivity contribution < 1.29 is 18.3 Å². The summed E-state index contributed by atoms with van der Waals surface area (Å²) < 4.78 is 32.1. The molecule has 1 aromatic carbocycles. The fraction of sp³-hybridized carbons (Fsp3) is 0.158. The van der Waals surface area contributed by atoms with Crippen molar-refractivity contribution in [2.75, 3.05) is 12.4 Å². The van der Waals surface area contributed by atoms with E-state index >= 15 is 0 Å². The minimum Gasteiger partial charge on any atom is -0.497 e. The Morgan fingerprint density at radius 3 is 2.70 bits per heavy atom. The molecule has 0 saturated heterocycles. The summed E-state index contributed by atoms with van der Waals surface area (Å²) in [6.45, 7) is -1.04. The van der Waals surface area contributed by atoms with Crippen LogP contribution in [0.4, 0.5) is 13.9 Å². The van der Waals surface area contributed by atoms with Crippen LogP contribution in [0, 0.1) is 6.92 Å². The second-order valence-electron chi connectivity index (χ2n) is 6.09. The number of rotatable bonds is 6. The van der Waals surface area contributed by atoms with E-state index in [0.717, 1.165) is 27.2 Å². The monoisotopic (exact) mass is 447 g/mol. The highest BCUT2D eigenvalue weighted by Gasteiger charge is 2.20. The number of nitrogens with zero attached hydrogens (tertiary/aromatic N) is 4. The van der Waals surface area contributed by atoms with Gasteiger partial charge >= 0.3 is 6.55 Å². The molecule has 0 aliphatic carbocycles. The predicted octanol–water partition coefficient (Wildman–Crippen LogP) is 5.09. The van der Waals surface area contributed by atoms with Crippen molar-refractivity contribution in [1.29, 1.82) is 0 Å². The standard InChI is InChI=1S/C19H15F2N5O2S2/c1-10-14(15-22-7-8-26(15)18(20)21)30-19(23-10)25-16(27)13-9-29-17(24-13)11-3-5-12(28-2)6-4-11/h3-9,18H,1-2H3,(H,23,25,27). The Kier molecular flexibility index (Phi) is 5.55. The Balaban J connectivity index is 1.52. The van der Waals surface area contributed by atoms with E-state index < -0.39 is 12.5 Å². The number of anilines is 1. The van der Waals surface area contributed by atoms with Crippen LogP contribution in [0.5, 0.6) is 5.75 Å². The first-order valence-electron chi connectivity index (χ1n) is 8.66. The SMILES string of the molecule is COc1ccc(-c2nc(C(=O)Nc3nc(C)c(-c4nccn4C(F)F)s3)cs2)cc1. The number of hydrogen-bond donors (Lipinski definition) is 1. The second kappa shape index (κ2) is 8.28. The zero-order valence-corrected chi connectivity index (χ0v) is 17.4. The maximum atomic E-state index is 13.1. The van der Waals surface area contributed by atoms with Gasteiger partial charge in [-0.15, -0.1) is 11.3 Å². The first-order valence-corrected chi connectivity index (χ1v) is 10.4. The van der Waals surface area contributed by atoms with Crippen molar-refractivity contribution in [3.05, 3.63) is 53.4 Å². The van der Waals surface area contributed by atoms with E-state index in [1.807, 2.05) is 24.3 Å². The molecule has 3 heterocycles. The number of aromatic nitrogens is 4. The lowest BCUT2D eigenvalue weighted by molar-refractivity contribution is 0.0720. The minimum atomic E-state index is -2.71. The third kappa shape index (κ3) is 3.94. The molecule has 0 unspecified atom stereocenters. The summed E-state index contributed by atoms with van der Waals surface area (Å²) in [6, 6.07) is 7.36. The smallest absolute Gasteiger partial charge is 0.320 e. The molecule has 0 atom stereocenters. The number of ether oxygens (including phenoxy) is 1. The highest BCUT2D eigenvalue weighted by molar-refractivity contribution is 7.19. The molecule has 3 aromatic heterocycles. The van der Waals surface area contributed by atoms with Crippen LogP contribution in [0.2, 0.25) is 0 Å². The van der Waals surface area contributed by atoms with E-state index in [-0.39, 0.29) is 16.6 Å². The van der Waals surface area contributed by atoms with E-state index in [4.69, 9.17) is 4.74 Å². The number of thiazole rings is 2. The van der Waals surface area contributed by atoms with Gasteiger partial charge in [0.15, 0.2) is 11.0 Å². The number of nitrogens with one attached hydrogen (secondary N) is 1. The summed E-state index contributed by atoms with van der Waals surface area (Å²) in [4.78, 5) is 25.7. The maximum Gasteiger partial charge on any atom is 0.320 e. The molecule has 4 rings (SSSR count). The van der Waals surface area contributed by atoms with Crippen LogP contribution in [-0.2, 0) is 0 Å². The van der Waals surface area contributed by atoms with Crippen LogP contribution in [0.3, 0.4) is 0 Å². The number of amides is 1. The molecule has 30 heavy (non-hydrogen) atoms. The van der Waals surface area contributed by atoms with Gasteiger partial charge in [0.25, 0.3) is 5.91 Å². The number of hydrogen-bond acceptors (Lipinski definition) is 7. The molecule has 0 bridgehead atoms. The molecule has 0 aliphatic heterocycles. The Morgan fingerprint density at radius 1 is 1.23 bits per heavy atom. The summed E-state index contributed by atoms with van der Waals surface area (Å²) in [5, 5.41) is 5.31. The van der Waals surface area contributed by atoms with E-state index in [1.165, 1.54) is 23.7 Å². The van der Waals surface area contributed by atoms with Crippen LogP contribution in [0.15, 0.2) is 42.0 Å². The summed E-state index contributed by atoms with van der Waals surface area (Å²) >= 11 is 2.42. The number of benzene rings is 1. The molecule has 1 N–H and O–H groups in total. The number of halogens is 2. The van der Waals surface area contributed by atoms with Gasteiger partial charge in [-0.25, -0.2) is 15.0 Å². The van der Waals surface area contributed by atoms with E-state index in [2.05, 4.69) is 20.3 Å². The molecule has 154 valence electrons. The van der Waals surface area contributed by atoms with Crippen molar-refractivity contribution in [3.63, 3.8) is 0 Å². The Hall–Kier alpha value is -3.18. The Bertz CT molecular complexity index is 1180. The van der Waals surface area contributed by atoms with Gasteiger partial charge in [-0.1, -0.05) is 11.3 Å². The predicted molar refractivity (Wildman–Crippen MR) is 111 cm³/mol. The van der Waals surface area contributed by atoms with Crippen LogP contribution in [0.25, 0.3) is 21.3 Å². The average molecular weight is 447 g/mol. The summed E-state index contributed by atoms with van der Waals surface area (Å²) in [6.07, 6.45) is 2.50. The lowest BCUT2D eigenvalue weighted by Gasteiger charge is -2.04. The van der Waals surface area contributed by atoms with Gasteiger partial charge in [0.1, 0.15) is 16.5 Å². The Labute approximate surface area is 178 Å². The van der Waals surface area contributed by atoms with Gasteiger partial charge in [0, 0.05) is 23.3 Å². The zero-order chi connectivity index (χ0) is 21.3. The molecular formula is C19H15F2N5O2S2. The molecule has 0 spiro atoms. The highest BCUT2D eigenvalue weighted by atomic mass is 32.1. The largest absolute Gasteiger partial charge is 0.497 e. The molecular weight excluding hydrogens is 432 g/mol. The fourth-order valence-corrected chi connectivity index (χ4v) is 4.48. The van der Waals surface area contributed by atoms with Gasteiger partial charge in [-0.05, 0) is 31.2 Å². The number of carbonyl (C=O) groups is 1. The molecule has 11 heteroatoms. The van der Waals surface area contributed by atoms with Crippen molar-refractivity contribution in [3.8, 4) is 27.0 Å². The first-order chi connectivity index (χ1) is 14.5. The highest BCUT2D eigenvalue weighted by Crippen LogP contribution is 2.34. The first kappa shape index (κ1) is 20.1. The van der Waals surface area contributed by atoms with Crippen LogP contribution >= 0.6 is 22.7 Å². The second-order valence-corrected chi connectivity index (χ2v) is 7.95. The number of imidazole rings is 1. The van der Waals surface area contributed by atoms with Crippen LogP contribution in [0.1, 0.15) is 22.7 Å². The average Bonchev–Trinajstić information content (AvgIpc) is 3.47. The molecule has 0 aliphatic rings. The van der Waals surface area contributed by atoms with Crippen LogP contribution in [-0.4, -0.2) is 32.5 Å². The number of methoxy groups -OCH3 is 1. The Morgan fingerprint density at radius 2 is 2.00 bits per heavy atom. The van der Waals surface area contributed by atoms with Crippen molar-refractivity contribution in [2.45, 2.75) is 13.5 Å². The van der Waals surface area contributed by atoms with Gasteiger partial charge < -0.3 is 4.74 Å². The van der Waals surface area contributed by atoms with E-state index in [9.17, 15) is 13.6 Å². The molecule has 1 amide bonds. The summed E-state index contributed by atoms with van der Waals surface area (Å²) in [5.41, 5.74) is 1.61. The lowest BCUT2D eigenvalue weighted by Crippen LogP contribution is -2.12. The number of alkyl halides is 2.